The number of carbonyl (C=O) groups is 1. The molecule has 3 aliphatic rings. The first-order valence-electron chi connectivity index (χ1n) is 12.1. The zero-order chi connectivity index (χ0) is 23.7. The number of likely N-dealkylation sites (tertiary alicyclic amines) is 1. The lowest BCUT2D eigenvalue weighted by atomic mass is 9.92. The Morgan fingerprint density at radius 3 is 2.76 bits per heavy atom. The highest BCUT2D eigenvalue weighted by Gasteiger charge is 2.33. The molecular weight excluding hydrogens is 446 g/mol. The number of hydrogen-bond donors (Lipinski definition) is 1. The van der Waals surface area contributed by atoms with Crippen LogP contribution in [0.2, 0.25) is 0 Å². The zero-order valence-corrected chi connectivity index (χ0v) is 20.5. The number of hydrogen-bond acceptors (Lipinski definition) is 6. The van der Waals surface area contributed by atoms with Crippen molar-refractivity contribution < 1.29 is 9.53 Å². The number of benzene rings is 1. The molecule has 176 valence electrons. The average Bonchev–Trinajstić information content (AvgIpc) is 3.60. The van der Waals surface area contributed by atoms with Gasteiger partial charge in [-0.15, -0.1) is 10.2 Å². The van der Waals surface area contributed by atoms with E-state index in [0.29, 0.717) is 11.3 Å². The van der Waals surface area contributed by atoms with E-state index >= 15 is 0 Å². The van der Waals surface area contributed by atoms with Gasteiger partial charge in [-0.3, -0.25) is 0 Å². The van der Waals surface area contributed by atoms with E-state index in [4.69, 9.17) is 4.74 Å². The number of urea groups is 1. The summed E-state index contributed by atoms with van der Waals surface area (Å²) in [6, 6.07) is 7.97. The van der Waals surface area contributed by atoms with Gasteiger partial charge in [-0.2, -0.15) is 5.26 Å². The lowest BCUT2D eigenvalue weighted by Crippen LogP contribution is -2.43. The van der Waals surface area contributed by atoms with Crippen LogP contribution in [0.1, 0.15) is 62.9 Å². The van der Waals surface area contributed by atoms with E-state index < -0.39 is 0 Å². The van der Waals surface area contributed by atoms with Crippen molar-refractivity contribution in [2.45, 2.75) is 64.5 Å². The van der Waals surface area contributed by atoms with E-state index in [1.807, 2.05) is 36.9 Å². The normalized spacial score (nSPS) is 19.8. The molecule has 2 aliphatic carbocycles. The second-order valence-corrected chi connectivity index (χ2v) is 10.3. The minimum Gasteiger partial charge on any atom is -0.490 e. The van der Waals surface area contributed by atoms with Crippen molar-refractivity contribution >= 4 is 22.9 Å². The molecule has 0 unspecified atom stereocenters. The maximum absolute atomic E-state index is 12.6. The Bertz CT molecular complexity index is 1200. The van der Waals surface area contributed by atoms with E-state index in [1.165, 1.54) is 16.7 Å². The number of rotatable bonds is 5. The van der Waals surface area contributed by atoms with Crippen LogP contribution in [0.4, 0.5) is 4.79 Å². The Balaban J connectivity index is 1.36. The minimum atomic E-state index is 0.00318. The molecule has 2 amide bonds. The molecule has 0 bridgehead atoms. The summed E-state index contributed by atoms with van der Waals surface area (Å²) in [5, 5.41) is 23.5. The average molecular weight is 476 g/mol. The first-order chi connectivity index (χ1) is 16.5. The van der Waals surface area contributed by atoms with Gasteiger partial charge in [0.25, 0.3) is 0 Å². The van der Waals surface area contributed by atoms with E-state index in [-0.39, 0.29) is 18.2 Å². The summed E-state index contributed by atoms with van der Waals surface area (Å²) >= 11 is 1.56. The minimum absolute atomic E-state index is 0.00318. The molecule has 7 nitrogen and oxygen atoms in total. The second kappa shape index (κ2) is 9.59. The predicted molar refractivity (Wildman–Crippen MR) is 132 cm³/mol. The molecule has 34 heavy (non-hydrogen) atoms. The van der Waals surface area contributed by atoms with E-state index in [9.17, 15) is 10.1 Å². The Morgan fingerprint density at radius 1 is 1.21 bits per heavy atom. The quantitative estimate of drug-likeness (QED) is 0.633. The first-order valence-corrected chi connectivity index (χ1v) is 12.9. The topological polar surface area (TPSA) is 91.1 Å². The summed E-state index contributed by atoms with van der Waals surface area (Å²) in [6.07, 6.45) is 8.24. The Kier molecular flexibility index (Phi) is 6.38. The number of nitriles is 1. The second-order valence-electron chi connectivity index (χ2n) is 9.29. The largest absolute Gasteiger partial charge is 0.490 e. The van der Waals surface area contributed by atoms with Gasteiger partial charge in [-0.05, 0) is 87.3 Å². The fourth-order valence-corrected chi connectivity index (χ4v) is 5.97. The number of fused-ring (bicyclic) bond motifs is 1. The van der Waals surface area contributed by atoms with Crippen molar-refractivity contribution in [3.63, 3.8) is 0 Å². The number of allylic oxidation sites excluding steroid dienone is 2. The third-order valence-corrected chi connectivity index (χ3v) is 7.65. The summed E-state index contributed by atoms with van der Waals surface area (Å²) in [4.78, 5) is 14.6. The molecule has 5 rings (SSSR count). The molecule has 1 aromatic carbocycles. The van der Waals surface area contributed by atoms with Gasteiger partial charge < -0.3 is 15.0 Å². The summed E-state index contributed by atoms with van der Waals surface area (Å²) in [6.45, 7) is 5.60. The zero-order valence-electron chi connectivity index (χ0n) is 19.6. The molecule has 1 aliphatic heterocycles. The van der Waals surface area contributed by atoms with E-state index in [2.05, 4.69) is 27.7 Å². The predicted octanol–water partition coefficient (Wildman–Crippen LogP) is 5.31. The molecule has 2 heterocycles. The smallest absolute Gasteiger partial charge is 0.317 e. The third kappa shape index (κ3) is 4.45. The number of ether oxygens (including phenoxy) is 1. The molecule has 1 N–H and O–H groups in total. The van der Waals surface area contributed by atoms with Gasteiger partial charge in [0.05, 0.1) is 17.7 Å². The molecule has 0 spiro atoms. The van der Waals surface area contributed by atoms with Gasteiger partial charge in [-0.1, -0.05) is 17.4 Å². The van der Waals surface area contributed by atoms with Gasteiger partial charge >= 0.3 is 6.03 Å². The van der Waals surface area contributed by atoms with Gasteiger partial charge in [-0.25, -0.2) is 4.79 Å². The Labute approximate surface area is 204 Å². The number of carbonyl (C=O) groups excluding carboxylic acids is 1. The molecular formula is C26H29N5O2S. The van der Waals surface area contributed by atoms with Crippen molar-refractivity contribution in [1.29, 1.82) is 5.26 Å². The van der Waals surface area contributed by atoms with Gasteiger partial charge in [0.15, 0.2) is 0 Å². The fraction of sp³-hybridized carbons (Fsp3) is 0.462. The maximum atomic E-state index is 12.6. The molecule has 8 heteroatoms. The molecule has 2 fully saturated rings. The highest BCUT2D eigenvalue weighted by molar-refractivity contribution is 7.15. The molecule has 0 radical (unpaired) electrons. The lowest BCUT2D eigenvalue weighted by molar-refractivity contribution is 0.206. The van der Waals surface area contributed by atoms with Crippen LogP contribution in [0, 0.1) is 11.3 Å². The van der Waals surface area contributed by atoms with Crippen LogP contribution >= 0.6 is 11.3 Å². The third-order valence-electron chi connectivity index (χ3n) is 6.61. The van der Waals surface area contributed by atoms with Crippen LogP contribution < -0.4 is 10.1 Å². The highest BCUT2D eigenvalue weighted by atomic mass is 32.1. The SMILES string of the molecule is CC(C)Oc1ccc(-c2nnc(C3=C4CC[C@H](NC(=O)N5CCCC5)C4=CCC3)s2)cc1C#N. The van der Waals surface area contributed by atoms with Crippen LogP contribution in [0.3, 0.4) is 0 Å². The summed E-state index contributed by atoms with van der Waals surface area (Å²) in [5.74, 6) is 0.589. The van der Waals surface area contributed by atoms with Crippen LogP contribution in [0.25, 0.3) is 16.1 Å². The summed E-state index contributed by atoms with van der Waals surface area (Å²) in [7, 11) is 0. The molecule has 1 saturated heterocycles. The maximum Gasteiger partial charge on any atom is 0.317 e. The van der Waals surface area contributed by atoms with Gasteiger partial charge in [0, 0.05) is 18.7 Å². The van der Waals surface area contributed by atoms with E-state index in [0.717, 1.165) is 67.2 Å². The molecule has 1 saturated carbocycles. The number of aromatic nitrogens is 2. The monoisotopic (exact) mass is 475 g/mol. The van der Waals surface area contributed by atoms with Crippen LogP contribution in [0.15, 0.2) is 35.4 Å². The van der Waals surface area contributed by atoms with Crippen molar-refractivity contribution in [2.75, 3.05) is 13.1 Å². The standard InChI is InChI=1S/C26H29N5O2S/c1-16(2)33-23-11-8-17(14-18(23)15-27)24-29-30-25(34-24)21-7-5-6-20-19(21)9-10-22(20)28-26(32)31-12-3-4-13-31/h6,8,11,14,16,22H,3-5,7,9-10,12-13H2,1-2H3,(H,28,32)/t22-/m0/s1. The number of nitrogens with one attached hydrogen (secondary N) is 1. The van der Waals surface area contributed by atoms with Crippen molar-refractivity contribution in [2.24, 2.45) is 0 Å². The van der Waals surface area contributed by atoms with Crippen molar-refractivity contribution in [3.05, 3.63) is 46.0 Å². The molecule has 1 aromatic heterocycles. The van der Waals surface area contributed by atoms with E-state index in [1.54, 1.807) is 11.3 Å². The molecule has 1 atom stereocenters. The number of nitrogens with zero attached hydrogens (tertiary/aromatic N) is 4. The summed E-state index contributed by atoms with van der Waals surface area (Å²) < 4.78 is 5.74. The van der Waals surface area contributed by atoms with Crippen LogP contribution in [-0.4, -0.2) is 46.4 Å². The van der Waals surface area contributed by atoms with Crippen molar-refractivity contribution in [3.8, 4) is 22.4 Å². The van der Waals surface area contributed by atoms with Crippen LogP contribution in [-0.2, 0) is 0 Å². The lowest BCUT2D eigenvalue weighted by Gasteiger charge is -2.23. The highest BCUT2D eigenvalue weighted by Crippen LogP contribution is 2.43. The Morgan fingerprint density at radius 2 is 2.00 bits per heavy atom. The fourth-order valence-electron chi connectivity index (χ4n) is 5.03. The summed E-state index contributed by atoms with van der Waals surface area (Å²) in [5.41, 5.74) is 5.20. The molecule has 2 aromatic rings. The van der Waals surface area contributed by atoms with Crippen LogP contribution in [0.5, 0.6) is 5.75 Å². The van der Waals surface area contributed by atoms with Gasteiger partial charge in [0.2, 0.25) is 0 Å². The Hall–Kier alpha value is -3.18. The number of amides is 2. The van der Waals surface area contributed by atoms with Gasteiger partial charge in [0.1, 0.15) is 21.8 Å². The van der Waals surface area contributed by atoms with Crippen molar-refractivity contribution in [1.82, 2.24) is 20.4 Å². The first kappa shape index (κ1) is 22.6.